The third-order valence-electron chi connectivity index (χ3n) is 3.03. The smallest absolute Gasteiger partial charge is 0.407 e. The van der Waals surface area contributed by atoms with Crippen molar-refractivity contribution in [1.29, 1.82) is 0 Å². The van der Waals surface area contributed by atoms with E-state index in [0.717, 1.165) is 25.3 Å². The van der Waals surface area contributed by atoms with E-state index in [0.29, 0.717) is 13.1 Å². The highest BCUT2D eigenvalue weighted by atomic mass is 16.4. The molecule has 0 aliphatic carbocycles. The largest absolute Gasteiger partial charge is 0.465 e. The minimum absolute atomic E-state index is 0.588. The summed E-state index contributed by atoms with van der Waals surface area (Å²) in [5.74, 6) is 0. The number of nitrogen functional groups attached to an aromatic ring is 1. The van der Waals surface area contributed by atoms with E-state index in [2.05, 4.69) is 4.90 Å². The van der Waals surface area contributed by atoms with Crippen LogP contribution >= 0.6 is 0 Å². The number of carbonyl (C=O) groups is 1. The molecule has 5 heteroatoms. The van der Waals surface area contributed by atoms with Crippen molar-refractivity contribution >= 4 is 11.8 Å². The molecule has 92 valence electrons. The fourth-order valence-corrected chi connectivity index (χ4v) is 1.98. The van der Waals surface area contributed by atoms with Crippen LogP contribution in [0, 0.1) is 0 Å². The summed E-state index contributed by atoms with van der Waals surface area (Å²) in [6, 6.07) is 7.81. The molecule has 0 spiro atoms. The molecule has 0 unspecified atom stereocenters. The SMILES string of the molecule is Nc1ccc(CN2CCN(C(=O)O)CC2)cc1. The van der Waals surface area contributed by atoms with E-state index in [1.54, 1.807) is 0 Å². The van der Waals surface area contributed by atoms with Gasteiger partial charge < -0.3 is 15.7 Å². The number of carboxylic acid groups (broad SMARTS) is 1. The molecule has 0 atom stereocenters. The molecule has 1 heterocycles. The first kappa shape index (κ1) is 11.7. The number of hydrogen-bond donors (Lipinski definition) is 2. The van der Waals surface area contributed by atoms with Gasteiger partial charge in [-0.05, 0) is 17.7 Å². The fourth-order valence-electron chi connectivity index (χ4n) is 1.98. The molecule has 1 amide bonds. The lowest BCUT2D eigenvalue weighted by molar-refractivity contribution is 0.103. The third-order valence-corrected chi connectivity index (χ3v) is 3.03. The van der Waals surface area contributed by atoms with E-state index in [1.165, 1.54) is 10.5 Å². The van der Waals surface area contributed by atoms with Crippen LogP contribution in [0.15, 0.2) is 24.3 Å². The molecule has 3 N–H and O–H groups in total. The van der Waals surface area contributed by atoms with Crippen LogP contribution in [0.4, 0.5) is 10.5 Å². The van der Waals surface area contributed by atoms with Crippen LogP contribution in [0.2, 0.25) is 0 Å². The van der Waals surface area contributed by atoms with Crippen LogP contribution in [0.25, 0.3) is 0 Å². The van der Waals surface area contributed by atoms with Crippen molar-refractivity contribution in [2.75, 3.05) is 31.9 Å². The highest BCUT2D eigenvalue weighted by molar-refractivity contribution is 5.65. The Balaban J connectivity index is 1.85. The summed E-state index contributed by atoms with van der Waals surface area (Å²) in [7, 11) is 0. The van der Waals surface area contributed by atoms with Crippen molar-refractivity contribution in [3.05, 3.63) is 29.8 Å². The third kappa shape index (κ3) is 3.10. The molecule has 1 aromatic rings. The van der Waals surface area contributed by atoms with E-state index >= 15 is 0 Å². The summed E-state index contributed by atoms with van der Waals surface area (Å²) < 4.78 is 0. The molecule has 0 bridgehead atoms. The van der Waals surface area contributed by atoms with E-state index in [-0.39, 0.29) is 0 Å². The number of amides is 1. The van der Waals surface area contributed by atoms with Gasteiger partial charge in [-0.3, -0.25) is 4.90 Å². The maximum Gasteiger partial charge on any atom is 0.407 e. The molecule has 0 radical (unpaired) electrons. The van der Waals surface area contributed by atoms with Crippen molar-refractivity contribution in [2.24, 2.45) is 0 Å². The van der Waals surface area contributed by atoms with Gasteiger partial charge in [-0.1, -0.05) is 12.1 Å². The zero-order valence-corrected chi connectivity index (χ0v) is 9.67. The molecule has 0 saturated carbocycles. The molecular formula is C12H17N3O2. The van der Waals surface area contributed by atoms with Gasteiger partial charge in [-0.15, -0.1) is 0 Å². The quantitative estimate of drug-likeness (QED) is 0.752. The number of benzene rings is 1. The summed E-state index contributed by atoms with van der Waals surface area (Å²) >= 11 is 0. The number of piperazine rings is 1. The van der Waals surface area contributed by atoms with Crippen molar-refractivity contribution in [3.63, 3.8) is 0 Å². The Morgan fingerprint density at radius 2 is 1.76 bits per heavy atom. The monoisotopic (exact) mass is 235 g/mol. The lowest BCUT2D eigenvalue weighted by atomic mass is 10.2. The highest BCUT2D eigenvalue weighted by Crippen LogP contribution is 2.10. The summed E-state index contributed by atoms with van der Waals surface area (Å²) in [6.45, 7) is 3.61. The minimum Gasteiger partial charge on any atom is -0.465 e. The van der Waals surface area contributed by atoms with Gasteiger partial charge in [0.1, 0.15) is 0 Å². The van der Waals surface area contributed by atoms with Gasteiger partial charge in [0, 0.05) is 38.4 Å². The molecule has 1 aliphatic heterocycles. The number of rotatable bonds is 2. The van der Waals surface area contributed by atoms with E-state index in [4.69, 9.17) is 10.8 Å². The Kier molecular flexibility index (Phi) is 3.49. The van der Waals surface area contributed by atoms with Gasteiger partial charge in [-0.25, -0.2) is 4.79 Å². The molecule has 1 fully saturated rings. The van der Waals surface area contributed by atoms with Crippen molar-refractivity contribution in [2.45, 2.75) is 6.54 Å². The average Bonchev–Trinajstić information content (AvgIpc) is 2.33. The first-order chi connectivity index (χ1) is 8.15. The Labute approximate surface area is 100 Å². The normalized spacial score (nSPS) is 17.1. The summed E-state index contributed by atoms with van der Waals surface area (Å²) in [5.41, 5.74) is 7.60. The maximum atomic E-state index is 10.8. The zero-order valence-electron chi connectivity index (χ0n) is 9.67. The second kappa shape index (κ2) is 5.05. The van der Waals surface area contributed by atoms with Crippen LogP contribution in [0.3, 0.4) is 0 Å². The second-order valence-electron chi connectivity index (χ2n) is 4.29. The van der Waals surface area contributed by atoms with E-state index in [9.17, 15) is 4.79 Å². The summed E-state index contributed by atoms with van der Waals surface area (Å²) in [5, 5.41) is 8.84. The summed E-state index contributed by atoms with van der Waals surface area (Å²) in [4.78, 5) is 14.5. The van der Waals surface area contributed by atoms with Gasteiger partial charge in [0.05, 0.1) is 0 Å². The van der Waals surface area contributed by atoms with E-state index in [1.807, 2.05) is 24.3 Å². The Bertz CT molecular complexity index is 383. The van der Waals surface area contributed by atoms with Crippen molar-refractivity contribution < 1.29 is 9.90 Å². The first-order valence-corrected chi connectivity index (χ1v) is 5.70. The first-order valence-electron chi connectivity index (χ1n) is 5.70. The van der Waals surface area contributed by atoms with Gasteiger partial charge in [0.25, 0.3) is 0 Å². The zero-order chi connectivity index (χ0) is 12.3. The predicted octanol–water partition coefficient (Wildman–Crippen LogP) is 1.06. The number of anilines is 1. The lowest BCUT2D eigenvalue weighted by Gasteiger charge is -2.33. The molecule has 2 rings (SSSR count). The number of nitrogens with zero attached hydrogens (tertiary/aromatic N) is 2. The molecule has 5 nitrogen and oxygen atoms in total. The molecule has 1 aromatic carbocycles. The molecule has 1 aliphatic rings. The highest BCUT2D eigenvalue weighted by Gasteiger charge is 2.19. The van der Waals surface area contributed by atoms with Crippen LogP contribution in [-0.2, 0) is 6.54 Å². The van der Waals surface area contributed by atoms with E-state index < -0.39 is 6.09 Å². The Morgan fingerprint density at radius 3 is 2.29 bits per heavy atom. The van der Waals surface area contributed by atoms with Gasteiger partial charge in [-0.2, -0.15) is 0 Å². The van der Waals surface area contributed by atoms with Crippen LogP contribution in [-0.4, -0.2) is 47.2 Å². The van der Waals surface area contributed by atoms with Crippen molar-refractivity contribution in [3.8, 4) is 0 Å². The van der Waals surface area contributed by atoms with Gasteiger partial charge in [0.2, 0.25) is 0 Å². The Morgan fingerprint density at radius 1 is 1.18 bits per heavy atom. The van der Waals surface area contributed by atoms with Crippen LogP contribution < -0.4 is 5.73 Å². The second-order valence-corrected chi connectivity index (χ2v) is 4.29. The van der Waals surface area contributed by atoms with Crippen molar-refractivity contribution in [1.82, 2.24) is 9.80 Å². The molecule has 1 saturated heterocycles. The molecule has 0 aromatic heterocycles. The van der Waals surface area contributed by atoms with Gasteiger partial charge in [0.15, 0.2) is 0 Å². The summed E-state index contributed by atoms with van der Waals surface area (Å²) in [6.07, 6.45) is -0.822. The van der Waals surface area contributed by atoms with Gasteiger partial charge >= 0.3 is 6.09 Å². The maximum absolute atomic E-state index is 10.8. The topological polar surface area (TPSA) is 69.8 Å². The van der Waals surface area contributed by atoms with Crippen LogP contribution in [0.1, 0.15) is 5.56 Å². The number of nitrogens with two attached hydrogens (primary N) is 1. The molecule has 17 heavy (non-hydrogen) atoms. The fraction of sp³-hybridized carbons (Fsp3) is 0.417. The average molecular weight is 235 g/mol. The number of hydrogen-bond acceptors (Lipinski definition) is 3. The standard InChI is InChI=1S/C12H17N3O2/c13-11-3-1-10(2-4-11)9-14-5-7-15(8-6-14)12(16)17/h1-4H,5-9,13H2,(H,16,17). The predicted molar refractivity (Wildman–Crippen MR) is 65.7 cm³/mol. The minimum atomic E-state index is -0.822. The molecular weight excluding hydrogens is 218 g/mol. The Hall–Kier alpha value is -1.75. The van der Waals surface area contributed by atoms with Crippen LogP contribution in [0.5, 0.6) is 0 Å². The lowest BCUT2D eigenvalue weighted by Crippen LogP contribution is -2.47.